The monoisotopic (exact) mass is 395 g/mol. The molecular formula is C21H22FN5O2. The molecule has 0 bridgehead atoms. The van der Waals surface area contributed by atoms with E-state index < -0.39 is 5.97 Å². The van der Waals surface area contributed by atoms with Gasteiger partial charge in [0.15, 0.2) is 0 Å². The minimum atomic E-state index is -0.727. The molecule has 3 heterocycles. The highest BCUT2D eigenvalue weighted by atomic mass is 19.1. The van der Waals surface area contributed by atoms with E-state index in [0.29, 0.717) is 43.7 Å². The topological polar surface area (TPSA) is 84.1 Å². The van der Waals surface area contributed by atoms with Gasteiger partial charge in [-0.25, -0.2) is 9.07 Å². The second-order valence-electron chi connectivity index (χ2n) is 7.35. The summed E-state index contributed by atoms with van der Waals surface area (Å²) in [5.74, 6) is -1.30. The third-order valence-corrected chi connectivity index (χ3v) is 5.40. The number of piperidine rings is 1. The number of pyridine rings is 1. The summed E-state index contributed by atoms with van der Waals surface area (Å²) in [6.07, 6.45) is 4.64. The minimum absolute atomic E-state index is 0.280. The van der Waals surface area contributed by atoms with Crippen LogP contribution in [0.4, 0.5) is 4.39 Å². The van der Waals surface area contributed by atoms with Crippen LogP contribution in [0.5, 0.6) is 0 Å². The van der Waals surface area contributed by atoms with Crippen molar-refractivity contribution >= 4 is 5.97 Å². The highest BCUT2D eigenvalue weighted by Gasteiger charge is 2.26. The number of nitrogens with zero attached hydrogens (tertiary/aromatic N) is 5. The van der Waals surface area contributed by atoms with E-state index in [1.165, 1.54) is 6.07 Å². The molecule has 3 aromatic rings. The molecule has 0 atom stereocenters. The number of aryl methyl sites for hydroxylation is 1. The lowest BCUT2D eigenvalue weighted by Crippen LogP contribution is -2.36. The van der Waals surface area contributed by atoms with Crippen LogP contribution in [-0.4, -0.2) is 49.0 Å². The van der Waals surface area contributed by atoms with E-state index in [-0.39, 0.29) is 11.7 Å². The summed E-state index contributed by atoms with van der Waals surface area (Å²) < 4.78 is 15.8. The van der Waals surface area contributed by atoms with Gasteiger partial charge in [-0.2, -0.15) is 0 Å². The van der Waals surface area contributed by atoms with Crippen LogP contribution >= 0.6 is 0 Å². The first-order valence-electron chi connectivity index (χ1n) is 9.59. The first-order chi connectivity index (χ1) is 14.0. The van der Waals surface area contributed by atoms with Gasteiger partial charge in [0.2, 0.25) is 0 Å². The maximum absolute atomic E-state index is 14.2. The number of carbonyl (C=O) groups is 1. The van der Waals surface area contributed by atoms with Gasteiger partial charge in [-0.15, -0.1) is 5.10 Å². The standard InChI is InChI=1S/C21H22FN5O2/c1-14-2-3-17(12-18(14)22)27-20(15-4-8-23-9-5-15)19(24-25-27)13-26-10-6-16(7-11-26)21(28)29/h2-5,8-9,12,16H,6-7,10-11,13H2,1H3,(H,28,29). The Labute approximate surface area is 167 Å². The zero-order valence-electron chi connectivity index (χ0n) is 16.1. The van der Waals surface area contributed by atoms with Crippen LogP contribution < -0.4 is 0 Å². The third kappa shape index (κ3) is 4.02. The first kappa shape index (κ1) is 19.2. The number of rotatable bonds is 5. The van der Waals surface area contributed by atoms with E-state index in [1.54, 1.807) is 30.1 Å². The van der Waals surface area contributed by atoms with Gasteiger partial charge in [0.25, 0.3) is 0 Å². The van der Waals surface area contributed by atoms with Crippen molar-refractivity contribution in [2.75, 3.05) is 13.1 Å². The van der Waals surface area contributed by atoms with Gasteiger partial charge in [0.05, 0.1) is 17.3 Å². The van der Waals surface area contributed by atoms with E-state index in [1.807, 2.05) is 18.2 Å². The molecule has 1 aromatic carbocycles. The van der Waals surface area contributed by atoms with Crippen molar-refractivity contribution in [3.63, 3.8) is 0 Å². The number of aliphatic carboxylic acids is 1. The van der Waals surface area contributed by atoms with Crippen LogP contribution in [0.3, 0.4) is 0 Å². The molecule has 0 unspecified atom stereocenters. The average Bonchev–Trinajstić information content (AvgIpc) is 3.14. The van der Waals surface area contributed by atoms with Gasteiger partial charge < -0.3 is 5.11 Å². The quantitative estimate of drug-likeness (QED) is 0.715. The molecule has 0 saturated carbocycles. The summed E-state index contributed by atoms with van der Waals surface area (Å²) in [6.45, 7) is 3.66. The Kier molecular flexibility index (Phi) is 5.35. The van der Waals surface area contributed by atoms with Crippen molar-refractivity contribution in [2.45, 2.75) is 26.3 Å². The van der Waals surface area contributed by atoms with Gasteiger partial charge in [0.1, 0.15) is 11.5 Å². The number of hydrogen-bond donors (Lipinski definition) is 1. The molecule has 150 valence electrons. The van der Waals surface area contributed by atoms with Crippen LogP contribution in [0.1, 0.15) is 24.1 Å². The Morgan fingerprint density at radius 2 is 1.93 bits per heavy atom. The van der Waals surface area contributed by atoms with Crippen molar-refractivity contribution in [3.8, 4) is 16.9 Å². The predicted molar refractivity (Wildman–Crippen MR) is 105 cm³/mol. The minimum Gasteiger partial charge on any atom is -0.481 e. The molecule has 1 aliphatic heterocycles. The SMILES string of the molecule is Cc1ccc(-n2nnc(CN3CCC(C(=O)O)CC3)c2-c2ccncc2)cc1F. The molecule has 1 saturated heterocycles. The molecule has 0 radical (unpaired) electrons. The molecule has 29 heavy (non-hydrogen) atoms. The van der Waals surface area contributed by atoms with Crippen LogP contribution in [0.15, 0.2) is 42.7 Å². The molecule has 0 spiro atoms. The molecule has 0 amide bonds. The van der Waals surface area contributed by atoms with E-state index in [9.17, 15) is 14.3 Å². The maximum atomic E-state index is 14.2. The van der Waals surface area contributed by atoms with E-state index in [0.717, 1.165) is 17.0 Å². The predicted octanol–water partition coefficient (Wildman–Crippen LogP) is 3.07. The van der Waals surface area contributed by atoms with Crippen molar-refractivity contribution in [3.05, 3.63) is 59.8 Å². The van der Waals surface area contributed by atoms with Crippen molar-refractivity contribution in [2.24, 2.45) is 5.92 Å². The van der Waals surface area contributed by atoms with Crippen molar-refractivity contribution in [1.29, 1.82) is 0 Å². The fraction of sp³-hybridized carbons (Fsp3) is 0.333. The molecule has 1 N–H and O–H groups in total. The summed E-state index contributed by atoms with van der Waals surface area (Å²) in [5.41, 5.74) is 3.62. The van der Waals surface area contributed by atoms with Crippen molar-refractivity contribution < 1.29 is 14.3 Å². The number of carboxylic acid groups (broad SMARTS) is 1. The third-order valence-electron chi connectivity index (χ3n) is 5.40. The van der Waals surface area contributed by atoms with E-state index >= 15 is 0 Å². The molecule has 7 nitrogen and oxygen atoms in total. The zero-order chi connectivity index (χ0) is 20.4. The van der Waals surface area contributed by atoms with Gasteiger partial charge in [-0.3, -0.25) is 14.7 Å². The van der Waals surface area contributed by atoms with Crippen LogP contribution in [-0.2, 0) is 11.3 Å². The lowest BCUT2D eigenvalue weighted by Gasteiger charge is -2.29. The zero-order valence-corrected chi connectivity index (χ0v) is 16.1. The molecule has 2 aromatic heterocycles. The van der Waals surface area contributed by atoms with E-state index in [2.05, 4.69) is 20.2 Å². The highest BCUT2D eigenvalue weighted by Crippen LogP contribution is 2.28. The fourth-order valence-corrected chi connectivity index (χ4v) is 3.66. The maximum Gasteiger partial charge on any atom is 0.306 e. The molecule has 0 aliphatic carbocycles. The second-order valence-corrected chi connectivity index (χ2v) is 7.35. The van der Waals surface area contributed by atoms with Crippen LogP contribution in [0.25, 0.3) is 16.9 Å². The summed E-state index contributed by atoms with van der Waals surface area (Å²) in [7, 11) is 0. The largest absolute Gasteiger partial charge is 0.481 e. The fourth-order valence-electron chi connectivity index (χ4n) is 3.66. The average molecular weight is 395 g/mol. The number of benzene rings is 1. The van der Waals surface area contributed by atoms with E-state index in [4.69, 9.17) is 0 Å². The number of likely N-dealkylation sites (tertiary alicyclic amines) is 1. The number of aromatic nitrogens is 4. The molecule has 1 fully saturated rings. The molecule has 4 rings (SSSR count). The lowest BCUT2D eigenvalue weighted by atomic mass is 9.97. The second kappa shape index (κ2) is 8.08. The normalized spacial score (nSPS) is 15.5. The van der Waals surface area contributed by atoms with Gasteiger partial charge >= 0.3 is 5.97 Å². The number of carboxylic acids is 1. The van der Waals surface area contributed by atoms with Gasteiger partial charge in [0, 0.05) is 24.5 Å². The summed E-state index contributed by atoms with van der Waals surface area (Å²) in [5, 5.41) is 17.9. The molecule has 1 aliphatic rings. The Morgan fingerprint density at radius 3 is 2.59 bits per heavy atom. The Hall–Kier alpha value is -3.13. The number of halogens is 1. The van der Waals surface area contributed by atoms with Gasteiger partial charge in [-0.05, 0) is 62.7 Å². The molecule has 8 heteroatoms. The molecular weight excluding hydrogens is 373 g/mol. The Bertz CT molecular complexity index is 1010. The highest BCUT2D eigenvalue weighted by molar-refractivity contribution is 5.70. The summed E-state index contributed by atoms with van der Waals surface area (Å²) in [4.78, 5) is 17.5. The van der Waals surface area contributed by atoms with Crippen LogP contribution in [0.2, 0.25) is 0 Å². The summed E-state index contributed by atoms with van der Waals surface area (Å²) >= 11 is 0. The summed E-state index contributed by atoms with van der Waals surface area (Å²) in [6, 6.07) is 8.75. The van der Waals surface area contributed by atoms with Gasteiger partial charge in [-0.1, -0.05) is 11.3 Å². The van der Waals surface area contributed by atoms with Crippen LogP contribution in [0, 0.1) is 18.7 Å². The Balaban J connectivity index is 1.67. The lowest BCUT2D eigenvalue weighted by molar-refractivity contribution is -0.143. The Morgan fingerprint density at radius 1 is 1.21 bits per heavy atom. The number of hydrogen-bond acceptors (Lipinski definition) is 5. The first-order valence-corrected chi connectivity index (χ1v) is 9.59. The van der Waals surface area contributed by atoms with Crippen molar-refractivity contribution in [1.82, 2.24) is 24.9 Å². The smallest absolute Gasteiger partial charge is 0.306 e.